The Bertz CT molecular complexity index is 328. The van der Waals surface area contributed by atoms with Crippen molar-refractivity contribution in [1.82, 2.24) is 5.32 Å². The van der Waals surface area contributed by atoms with Crippen LogP contribution in [0.4, 0.5) is 0 Å². The van der Waals surface area contributed by atoms with Crippen molar-refractivity contribution >= 4 is 17.5 Å². The van der Waals surface area contributed by atoms with Crippen molar-refractivity contribution in [3.63, 3.8) is 0 Å². The molecule has 15 heavy (non-hydrogen) atoms. The van der Waals surface area contributed by atoms with E-state index in [2.05, 4.69) is 5.32 Å². The first-order chi connectivity index (χ1) is 7.22. The predicted molar refractivity (Wildman–Crippen MR) is 59.9 cm³/mol. The van der Waals surface area contributed by atoms with Crippen LogP contribution in [0, 0.1) is 0 Å². The van der Waals surface area contributed by atoms with E-state index in [1.165, 1.54) is 0 Å². The van der Waals surface area contributed by atoms with Crippen LogP contribution in [0.1, 0.15) is 12.0 Å². The van der Waals surface area contributed by atoms with Crippen molar-refractivity contribution < 1.29 is 9.90 Å². The lowest BCUT2D eigenvalue weighted by atomic mass is 10.1. The molecule has 0 fully saturated rings. The molecule has 0 saturated carbocycles. The standard InChI is InChI=1S/C11H14ClNO2/c12-10-4-1-3-9(7-10)8-11(15)13-5-2-6-14/h1,3-4,7,14H,2,5-6,8H2,(H,13,15). The number of nitrogens with one attached hydrogen (secondary N) is 1. The largest absolute Gasteiger partial charge is 0.396 e. The minimum absolute atomic E-state index is 0.0503. The number of aliphatic hydroxyl groups excluding tert-OH is 1. The second-order valence-electron chi connectivity index (χ2n) is 3.23. The van der Waals surface area contributed by atoms with Crippen LogP contribution in [-0.2, 0) is 11.2 Å². The van der Waals surface area contributed by atoms with E-state index in [1.54, 1.807) is 12.1 Å². The number of aliphatic hydroxyl groups is 1. The maximum absolute atomic E-state index is 11.4. The summed E-state index contributed by atoms with van der Waals surface area (Å²) in [6.45, 7) is 0.605. The van der Waals surface area contributed by atoms with Gasteiger partial charge in [0.2, 0.25) is 5.91 Å². The molecule has 2 N–H and O–H groups in total. The number of hydrogen-bond acceptors (Lipinski definition) is 2. The van der Waals surface area contributed by atoms with Crippen molar-refractivity contribution in [3.8, 4) is 0 Å². The third kappa shape index (κ3) is 4.81. The predicted octanol–water partition coefficient (Wildman–Crippen LogP) is 1.38. The van der Waals surface area contributed by atoms with Crippen molar-refractivity contribution in [1.29, 1.82) is 0 Å². The zero-order valence-electron chi connectivity index (χ0n) is 8.37. The van der Waals surface area contributed by atoms with Gasteiger partial charge < -0.3 is 10.4 Å². The quantitative estimate of drug-likeness (QED) is 0.747. The Morgan fingerprint density at radius 2 is 2.27 bits per heavy atom. The van der Waals surface area contributed by atoms with E-state index in [-0.39, 0.29) is 12.5 Å². The number of hydrogen-bond donors (Lipinski definition) is 2. The molecule has 3 nitrogen and oxygen atoms in total. The zero-order chi connectivity index (χ0) is 11.1. The molecule has 4 heteroatoms. The summed E-state index contributed by atoms with van der Waals surface area (Å²) >= 11 is 5.79. The van der Waals surface area contributed by atoms with Gasteiger partial charge in [0.05, 0.1) is 6.42 Å². The monoisotopic (exact) mass is 227 g/mol. The van der Waals surface area contributed by atoms with Crippen molar-refractivity contribution in [2.45, 2.75) is 12.8 Å². The summed E-state index contributed by atoms with van der Waals surface area (Å²) in [5, 5.41) is 11.9. The van der Waals surface area contributed by atoms with Gasteiger partial charge >= 0.3 is 0 Å². The molecule has 0 atom stereocenters. The van der Waals surface area contributed by atoms with E-state index in [1.807, 2.05) is 12.1 Å². The molecular formula is C11H14ClNO2. The summed E-state index contributed by atoms with van der Waals surface area (Å²) in [4.78, 5) is 11.4. The molecule has 0 aliphatic rings. The first kappa shape index (κ1) is 12.0. The summed E-state index contributed by atoms with van der Waals surface area (Å²) in [7, 11) is 0. The van der Waals surface area contributed by atoms with Crippen molar-refractivity contribution in [2.24, 2.45) is 0 Å². The molecule has 0 heterocycles. The average Bonchev–Trinajstić information content (AvgIpc) is 2.18. The Morgan fingerprint density at radius 1 is 1.47 bits per heavy atom. The fourth-order valence-corrected chi connectivity index (χ4v) is 1.41. The molecule has 0 aliphatic carbocycles. The number of carbonyl (C=O) groups is 1. The van der Waals surface area contributed by atoms with Gasteiger partial charge in [0.1, 0.15) is 0 Å². The van der Waals surface area contributed by atoms with E-state index < -0.39 is 0 Å². The van der Waals surface area contributed by atoms with E-state index in [0.717, 1.165) is 5.56 Å². The van der Waals surface area contributed by atoms with Crippen LogP contribution in [0.3, 0.4) is 0 Å². The van der Waals surface area contributed by atoms with Gasteiger partial charge in [-0.3, -0.25) is 4.79 Å². The summed E-state index contributed by atoms with van der Waals surface area (Å²) in [6.07, 6.45) is 0.910. The van der Waals surface area contributed by atoms with E-state index in [0.29, 0.717) is 24.4 Å². The van der Waals surface area contributed by atoms with Crippen LogP contribution in [-0.4, -0.2) is 24.2 Å². The number of benzene rings is 1. The molecule has 0 saturated heterocycles. The van der Waals surface area contributed by atoms with Gasteiger partial charge in [-0.05, 0) is 24.1 Å². The Morgan fingerprint density at radius 3 is 2.93 bits per heavy atom. The molecular weight excluding hydrogens is 214 g/mol. The lowest BCUT2D eigenvalue weighted by Crippen LogP contribution is -2.26. The number of carbonyl (C=O) groups excluding carboxylic acids is 1. The van der Waals surface area contributed by atoms with E-state index in [4.69, 9.17) is 16.7 Å². The molecule has 82 valence electrons. The first-order valence-corrected chi connectivity index (χ1v) is 5.22. The highest BCUT2D eigenvalue weighted by atomic mass is 35.5. The van der Waals surface area contributed by atoms with Crippen LogP contribution in [0.25, 0.3) is 0 Å². The highest BCUT2D eigenvalue weighted by Crippen LogP contribution is 2.10. The van der Waals surface area contributed by atoms with Crippen LogP contribution < -0.4 is 5.32 Å². The van der Waals surface area contributed by atoms with Gasteiger partial charge in [-0.2, -0.15) is 0 Å². The van der Waals surface area contributed by atoms with Gasteiger partial charge in [0.15, 0.2) is 0 Å². The molecule has 1 amide bonds. The first-order valence-electron chi connectivity index (χ1n) is 4.84. The van der Waals surface area contributed by atoms with E-state index >= 15 is 0 Å². The Kier molecular flexibility index (Phi) is 5.15. The summed E-state index contributed by atoms with van der Waals surface area (Å²) < 4.78 is 0. The highest BCUT2D eigenvalue weighted by molar-refractivity contribution is 6.30. The van der Waals surface area contributed by atoms with Gasteiger partial charge in [0, 0.05) is 18.2 Å². The maximum atomic E-state index is 11.4. The molecule has 0 aliphatic heterocycles. The average molecular weight is 228 g/mol. The number of rotatable bonds is 5. The van der Waals surface area contributed by atoms with Crippen LogP contribution in [0.5, 0.6) is 0 Å². The second-order valence-corrected chi connectivity index (χ2v) is 3.67. The molecule has 0 spiro atoms. The minimum Gasteiger partial charge on any atom is -0.396 e. The Labute approximate surface area is 94.1 Å². The lowest BCUT2D eigenvalue weighted by molar-refractivity contribution is -0.120. The third-order valence-corrected chi connectivity index (χ3v) is 2.15. The van der Waals surface area contributed by atoms with Gasteiger partial charge in [-0.1, -0.05) is 23.7 Å². The fraction of sp³-hybridized carbons (Fsp3) is 0.364. The minimum atomic E-state index is -0.0503. The third-order valence-electron chi connectivity index (χ3n) is 1.91. The van der Waals surface area contributed by atoms with Gasteiger partial charge in [-0.15, -0.1) is 0 Å². The van der Waals surface area contributed by atoms with Crippen molar-refractivity contribution in [3.05, 3.63) is 34.9 Å². The highest BCUT2D eigenvalue weighted by Gasteiger charge is 2.02. The fourth-order valence-electron chi connectivity index (χ4n) is 1.20. The second kappa shape index (κ2) is 6.43. The normalized spacial score (nSPS) is 10.0. The lowest BCUT2D eigenvalue weighted by Gasteiger charge is -2.04. The number of amides is 1. The molecule has 0 aromatic heterocycles. The van der Waals surface area contributed by atoms with Crippen LogP contribution in [0.2, 0.25) is 5.02 Å². The maximum Gasteiger partial charge on any atom is 0.224 e. The van der Waals surface area contributed by atoms with Gasteiger partial charge in [0.25, 0.3) is 0 Å². The SMILES string of the molecule is O=C(Cc1cccc(Cl)c1)NCCCO. The van der Waals surface area contributed by atoms with Crippen LogP contribution >= 0.6 is 11.6 Å². The van der Waals surface area contributed by atoms with Crippen molar-refractivity contribution in [2.75, 3.05) is 13.2 Å². The Hall–Kier alpha value is -1.06. The summed E-state index contributed by atoms with van der Waals surface area (Å²) in [6, 6.07) is 7.22. The zero-order valence-corrected chi connectivity index (χ0v) is 9.13. The summed E-state index contributed by atoms with van der Waals surface area (Å²) in [5.74, 6) is -0.0503. The topological polar surface area (TPSA) is 49.3 Å². The smallest absolute Gasteiger partial charge is 0.224 e. The molecule has 0 bridgehead atoms. The van der Waals surface area contributed by atoms with Crippen LogP contribution in [0.15, 0.2) is 24.3 Å². The molecule has 1 aromatic carbocycles. The summed E-state index contributed by atoms with van der Waals surface area (Å²) in [5.41, 5.74) is 0.893. The molecule has 1 aromatic rings. The Balaban J connectivity index is 2.37. The van der Waals surface area contributed by atoms with Gasteiger partial charge in [-0.25, -0.2) is 0 Å². The van der Waals surface area contributed by atoms with E-state index in [9.17, 15) is 4.79 Å². The molecule has 1 rings (SSSR count). The number of halogens is 1. The molecule has 0 unspecified atom stereocenters. The molecule has 0 radical (unpaired) electrons.